The zero-order valence-corrected chi connectivity index (χ0v) is 18.9. The van der Waals surface area contributed by atoms with Gasteiger partial charge in [-0.25, -0.2) is 14.8 Å². The molecule has 2 heterocycles. The maximum atomic E-state index is 13.0. The van der Waals surface area contributed by atoms with Crippen molar-refractivity contribution >= 4 is 29.6 Å². The molecule has 1 amide bonds. The van der Waals surface area contributed by atoms with Gasteiger partial charge in [-0.2, -0.15) is 5.10 Å². The standard InChI is InChI=1S/C21H33N5O3/c1-9-11-12-26-18(27)14(16(23-26)19(28)29-10-2)13-15-17(21(3,4)5)22-20(24(6)7)25(15)8/h13H,9-12H2,1-8H3. The molecule has 0 atom stereocenters. The van der Waals surface area contributed by atoms with Gasteiger partial charge in [-0.05, 0) is 19.4 Å². The second kappa shape index (κ2) is 8.80. The lowest BCUT2D eigenvalue weighted by Gasteiger charge is -2.17. The molecule has 0 spiro atoms. The Kier molecular flexibility index (Phi) is 6.87. The minimum atomic E-state index is -0.585. The Morgan fingerprint density at radius 1 is 1.24 bits per heavy atom. The number of hydrazone groups is 1. The van der Waals surface area contributed by atoms with Crippen molar-refractivity contribution in [2.45, 2.75) is 52.9 Å². The predicted octanol–water partition coefficient (Wildman–Crippen LogP) is 2.73. The summed E-state index contributed by atoms with van der Waals surface area (Å²) in [6, 6.07) is 0. The molecule has 0 aliphatic carbocycles. The fourth-order valence-electron chi connectivity index (χ4n) is 3.15. The molecule has 0 fully saturated rings. The fourth-order valence-corrected chi connectivity index (χ4v) is 3.15. The van der Waals surface area contributed by atoms with E-state index >= 15 is 0 Å². The lowest BCUT2D eigenvalue weighted by atomic mass is 9.90. The number of rotatable bonds is 7. The Hall–Kier alpha value is -2.64. The van der Waals surface area contributed by atoms with Crippen LogP contribution >= 0.6 is 0 Å². The molecule has 0 aromatic carbocycles. The van der Waals surface area contributed by atoms with E-state index in [1.165, 1.54) is 5.01 Å². The van der Waals surface area contributed by atoms with Crippen molar-refractivity contribution in [1.82, 2.24) is 14.6 Å². The Morgan fingerprint density at radius 3 is 2.41 bits per heavy atom. The van der Waals surface area contributed by atoms with E-state index in [4.69, 9.17) is 9.72 Å². The van der Waals surface area contributed by atoms with Gasteiger partial charge in [-0.15, -0.1) is 0 Å². The molecule has 1 aromatic heterocycles. The summed E-state index contributed by atoms with van der Waals surface area (Å²) in [7, 11) is 5.74. The molecule has 0 bridgehead atoms. The number of hydrogen-bond donors (Lipinski definition) is 0. The lowest BCUT2D eigenvalue weighted by Crippen LogP contribution is -2.24. The molecule has 8 heteroatoms. The van der Waals surface area contributed by atoms with Gasteiger partial charge in [0.25, 0.3) is 5.91 Å². The monoisotopic (exact) mass is 403 g/mol. The molecule has 0 saturated carbocycles. The van der Waals surface area contributed by atoms with Gasteiger partial charge in [-0.3, -0.25) is 4.79 Å². The average molecular weight is 404 g/mol. The minimum Gasteiger partial charge on any atom is -0.461 e. The molecule has 0 unspecified atom stereocenters. The van der Waals surface area contributed by atoms with Gasteiger partial charge in [0.2, 0.25) is 5.95 Å². The molecular formula is C21H33N5O3. The van der Waals surface area contributed by atoms with Gasteiger partial charge in [0.1, 0.15) is 0 Å². The second-order valence-electron chi connectivity index (χ2n) is 8.36. The number of aromatic nitrogens is 2. The highest BCUT2D eigenvalue weighted by Crippen LogP contribution is 2.31. The van der Waals surface area contributed by atoms with Crippen molar-refractivity contribution in [3.63, 3.8) is 0 Å². The van der Waals surface area contributed by atoms with Crippen molar-refractivity contribution in [1.29, 1.82) is 0 Å². The highest BCUT2D eigenvalue weighted by atomic mass is 16.5. The van der Waals surface area contributed by atoms with E-state index in [2.05, 4.69) is 25.9 Å². The summed E-state index contributed by atoms with van der Waals surface area (Å²) < 4.78 is 7.07. The van der Waals surface area contributed by atoms with Crippen LogP contribution in [0, 0.1) is 0 Å². The number of nitrogens with zero attached hydrogens (tertiary/aromatic N) is 5. The molecule has 29 heavy (non-hydrogen) atoms. The van der Waals surface area contributed by atoms with E-state index in [0.717, 1.165) is 30.2 Å². The maximum absolute atomic E-state index is 13.0. The van der Waals surface area contributed by atoms with E-state index in [1.54, 1.807) is 13.0 Å². The van der Waals surface area contributed by atoms with Crippen LogP contribution in [-0.2, 0) is 26.8 Å². The first-order valence-corrected chi connectivity index (χ1v) is 10.1. The summed E-state index contributed by atoms with van der Waals surface area (Å²) in [6.45, 7) is 10.7. The van der Waals surface area contributed by atoms with Gasteiger partial charge in [0.05, 0.1) is 23.6 Å². The van der Waals surface area contributed by atoms with E-state index in [9.17, 15) is 9.59 Å². The number of carbonyl (C=O) groups is 2. The summed E-state index contributed by atoms with van der Waals surface area (Å²) in [5.41, 5.74) is 1.68. The van der Waals surface area contributed by atoms with Gasteiger partial charge in [-0.1, -0.05) is 34.1 Å². The third-order valence-electron chi connectivity index (χ3n) is 4.64. The van der Waals surface area contributed by atoms with E-state index in [0.29, 0.717) is 6.54 Å². The van der Waals surface area contributed by atoms with Crippen LogP contribution in [0.2, 0.25) is 0 Å². The molecule has 1 aromatic rings. The number of imidazole rings is 1. The number of hydrogen-bond acceptors (Lipinski definition) is 6. The molecule has 0 N–H and O–H groups in total. The first-order valence-electron chi connectivity index (χ1n) is 10.1. The smallest absolute Gasteiger partial charge is 0.359 e. The first-order chi connectivity index (χ1) is 13.5. The van der Waals surface area contributed by atoms with E-state index in [-0.39, 0.29) is 29.2 Å². The van der Waals surface area contributed by atoms with Crippen molar-refractivity contribution < 1.29 is 14.3 Å². The van der Waals surface area contributed by atoms with Crippen LogP contribution < -0.4 is 4.90 Å². The Morgan fingerprint density at radius 2 is 1.90 bits per heavy atom. The van der Waals surface area contributed by atoms with Crippen LogP contribution in [0.15, 0.2) is 10.7 Å². The Balaban J connectivity index is 2.62. The summed E-state index contributed by atoms with van der Waals surface area (Å²) >= 11 is 0. The van der Waals surface area contributed by atoms with Crippen LogP contribution in [0.3, 0.4) is 0 Å². The zero-order valence-electron chi connectivity index (χ0n) is 18.9. The maximum Gasteiger partial charge on any atom is 0.359 e. The summed E-state index contributed by atoms with van der Waals surface area (Å²) in [5, 5.41) is 5.65. The normalized spacial score (nSPS) is 15.9. The number of unbranched alkanes of at least 4 members (excludes halogenated alkanes) is 1. The highest BCUT2D eigenvalue weighted by molar-refractivity contribution is 6.52. The van der Waals surface area contributed by atoms with Crippen molar-refractivity contribution in [3.05, 3.63) is 17.0 Å². The highest BCUT2D eigenvalue weighted by Gasteiger charge is 2.36. The van der Waals surface area contributed by atoms with Crippen LogP contribution in [0.4, 0.5) is 5.95 Å². The van der Waals surface area contributed by atoms with Crippen molar-refractivity contribution in [2.75, 3.05) is 32.1 Å². The quantitative estimate of drug-likeness (QED) is 0.517. The average Bonchev–Trinajstić information content (AvgIpc) is 3.12. The molecule has 0 radical (unpaired) electrons. The third kappa shape index (κ3) is 4.68. The van der Waals surface area contributed by atoms with Crippen LogP contribution in [0.1, 0.15) is 58.8 Å². The first kappa shape index (κ1) is 22.6. The largest absolute Gasteiger partial charge is 0.461 e. The third-order valence-corrected chi connectivity index (χ3v) is 4.64. The molecular weight excluding hydrogens is 370 g/mol. The van der Waals surface area contributed by atoms with E-state index < -0.39 is 5.97 Å². The minimum absolute atomic E-state index is 0.0559. The molecule has 8 nitrogen and oxygen atoms in total. The summed E-state index contributed by atoms with van der Waals surface area (Å²) in [4.78, 5) is 32.2. The lowest BCUT2D eigenvalue weighted by molar-refractivity contribution is -0.135. The summed E-state index contributed by atoms with van der Waals surface area (Å²) in [6.07, 6.45) is 3.46. The Labute approximate surface area is 173 Å². The molecule has 0 saturated heterocycles. The van der Waals surface area contributed by atoms with Crippen LogP contribution in [-0.4, -0.2) is 59.4 Å². The van der Waals surface area contributed by atoms with Crippen LogP contribution in [0.25, 0.3) is 6.08 Å². The molecule has 1 aliphatic heterocycles. The van der Waals surface area contributed by atoms with Gasteiger partial charge >= 0.3 is 5.97 Å². The van der Waals surface area contributed by atoms with Crippen molar-refractivity contribution in [2.24, 2.45) is 12.1 Å². The number of ether oxygens (including phenoxy) is 1. The number of anilines is 1. The fraction of sp³-hybridized carbons (Fsp3) is 0.619. The Bertz CT molecular complexity index is 843. The van der Waals surface area contributed by atoms with Gasteiger partial charge in [0.15, 0.2) is 5.71 Å². The van der Waals surface area contributed by atoms with E-state index in [1.807, 2.05) is 37.5 Å². The summed E-state index contributed by atoms with van der Waals surface area (Å²) in [5.74, 6) is -0.0999. The molecule has 2 rings (SSSR count). The number of carbonyl (C=O) groups excluding carboxylic acids is 2. The van der Waals surface area contributed by atoms with Gasteiger partial charge in [0, 0.05) is 33.1 Å². The van der Waals surface area contributed by atoms with Gasteiger partial charge < -0.3 is 14.2 Å². The predicted molar refractivity (Wildman–Crippen MR) is 115 cm³/mol. The second-order valence-corrected chi connectivity index (χ2v) is 8.36. The number of amides is 1. The number of esters is 1. The van der Waals surface area contributed by atoms with Crippen LogP contribution in [0.5, 0.6) is 0 Å². The van der Waals surface area contributed by atoms with Crippen molar-refractivity contribution in [3.8, 4) is 0 Å². The topological polar surface area (TPSA) is 80.0 Å². The molecule has 160 valence electrons. The SMILES string of the molecule is CCCCN1N=C(C(=O)OCC)C(=Cc2c(C(C)(C)C)nc(N(C)C)n2C)C1=O. The zero-order chi connectivity index (χ0) is 21.9. The molecule has 1 aliphatic rings.